The predicted octanol–water partition coefficient (Wildman–Crippen LogP) is 5.22. The number of nitrogens with zero attached hydrogens (tertiary/aromatic N) is 1. The Morgan fingerprint density at radius 1 is 0.952 bits per heavy atom. The van der Waals surface area contributed by atoms with E-state index in [0.717, 1.165) is 16.8 Å². The molecule has 3 aromatic rings. The van der Waals surface area contributed by atoms with Gasteiger partial charge in [-0.25, -0.2) is 0 Å². The third-order valence-electron chi connectivity index (χ3n) is 3.66. The van der Waals surface area contributed by atoms with E-state index in [0.29, 0.717) is 0 Å². The molecule has 0 saturated heterocycles. The van der Waals surface area contributed by atoms with E-state index in [9.17, 15) is 0 Å². The largest absolute Gasteiger partial charge is 0.360 e. The van der Waals surface area contributed by atoms with Crippen molar-refractivity contribution in [2.45, 2.75) is 26.2 Å². The lowest BCUT2D eigenvalue weighted by atomic mass is 9.86. The van der Waals surface area contributed by atoms with Gasteiger partial charge in [0.2, 0.25) is 0 Å². The quantitative estimate of drug-likeness (QED) is 0.622. The summed E-state index contributed by atoms with van der Waals surface area (Å²) in [5.41, 5.74) is 4.71. The van der Waals surface area contributed by atoms with Crippen LogP contribution in [0.1, 0.15) is 31.9 Å². The van der Waals surface area contributed by atoms with E-state index in [1.807, 2.05) is 36.5 Å². The summed E-state index contributed by atoms with van der Waals surface area (Å²) in [4.78, 5) is 7.96. The third kappa shape index (κ3) is 2.75. The number of aliphatic imine (C=N–C) groups is 1. The SMILES string of the molecule is CC(C)(C)c1c[nH]c2c(C=Nc3ccccc3)cccc12. The number of fused-ring (bicyclic) bond motifs is 1. The van der Waals surface area contributed by atoms with Crippen molar-refractivity contribution >= 4 is 22.8 Å². The summed E-state index contributed by atoms with van der Waals surface area (Å²) in [6, 6.07) is 16.4. The average Bonchev–Trinajstić information content (AvgIpc) is 2.90. The lowest BCUT2D eigenvalue weighted by Crippen LogP contribution is -2.09. The minimum Gasteiger partial charge on any atom is -0.360 e. The highest BCUT2D eigenvalue weighted by Crippen LogP contribution is 2.31. The van der Waals surface area contributed by atoms with Crippen molar-refractivity contribution in [2.24, 2.45) is 4.99 Å². The molecule has 0 aliphatic heterocycles. The van der Waals surface area contributed by atoms with Crippen molar-refractivity contribution in [3.05, 3.63) is 65.9 Å². The van der Waals surface area contributed by atoms with Crippen LogP contribution in [0.3, 0.4) is 0 Å². The average molecular weight is 276 g/mol. The molecular formula is C19H20N2. The number of benzene rings is 2. The second-order valence-electron chi connectivity index (χ2n) is 6.32. The first-order chi connectivity index (χ1) is 10.1. The number of rotatable bonds is 2. The topological polar surface area (TPSA) is 28.1 Å². The second kappa shape index (κ2) is 5.21. The Morgan fingerprint density at radius 2 is 1.71 bits per heavy atom. The Bertz CT molecular complexity index is 774. The Balaban J connectivity index is 2.05. The van der Waals surface area contributed by atoms with Gasteiger partial charge in [0.1, 0.15) is 0 Å². The van der Waals surface area contributed by atoms with Crippen LogP contribution in [-0.2, 0) is 5.41 Å². The highest BCUT2D eigenvalue weighted by atomic mass is 14.7. The number of aromatic nitrogens is 1. The fourth-order valence-electron chi connectivity index (χ4n) is 2.56. The molecule has 1 N–H and O–H groups in total. The molecule has 0 fully saturated rings. The van der Waals surface area contributed by atoms with Crippen LogP contribution in [0.2, 0.25) is 0 Å². The van der Waals surface area contributed by atoms with E-state index in [4.69, 9.17) is 0 Å². The lowest BCUT2D eigenvalue weighted by molar-refractivity contribution is 0.596. The van der Waals surface area contributed by atoms with Crippen LogP contribution in [0.25, 0.3) is 10.9 Å². The standard InChI is InChI=1S/C19H20N2/c1-19(2,3)17-13-21-18-14(8-7-11-16(17)18)12-20-15-9-5-4-6-10-15/h4-13,21H,1-3H3. The molecule has 21 heavy (non-hydrogen) atoms. The molecule has 0 amide bonds. The Morgan fingerprint density at radius 3 is 2.43 bits per heavy atom. The van der Waals surface area contributed by atoms with Crippen molar-refractivity contribution < 1.29 is 0 Å². The molecule has 2 heteroatoms. The van der Waals surface area contributed by atoms with E-state index in [-0.39, 0.29) is 5.41 Å². The Kier molecular flexibility index (Phi) is 3.38. The van der Waals surface area contributed by atoms with Gasteiger partial charge in [-0.15, -0.1) is 0 Å². The number of hydrogen-bond donors (Lipinski definition) is 1. The van der Waals surface area contributed by atoms with Gasteiger partial charge in [-0.05, 0) is 23.1 Å². The molecule has 0 saturated carbocycles. The normalized spacial score (nSPS) is 12.3. The van der Waals surface area contributed by atoms with Crippen molar-refractivity contribution in [3.8, 4) is 0 Å². The molecule has 1 heterocycles. The molecule has 2 nitrogen and oxygen atoms in total. The first-order valence-electron chi connectivity index (χ1n) is 7.25. The van der Waals surface area contributed by atoms with Crippen molar-refractivity contribution in [1.29, 1.82) is 0 Å². The molecule has 0 unspecified atom stereocenters. The summed E-state index contributed by atoms with van der Waals surface area (Å²) in [7, 11) is 0. The zero-order valence-corrected chi connectivity index (χ0v) is 12.7. The number of aromatic amines is 1. The Labute approximate surface area is 125 Å². The predicted molar refractivity (Wildman–Crippen MR) is 90.7 cm³/mol. The smallest absolute Gasteiger partial charge is 0.0629 e. The summed E-state index contributed by atoms with van der Waals surface area (Å²) < 4.78 is 0. The molecule has 0 bridgehead atoms. The number of para-hydroxylation sites is 2. The van der Waals surface area contributed by atoms with Crippen LogP contribution < -0.4 is 0 Å². The first-order valence-corrected chi connectivity index (χ1v) is 7.25. The van der Waals surface area contributed by atoms with Gasteiger partial charge < -0.3 is 4.98 Å². The molecule has 0 spiro atoms. The maximum Gasteiger partial charge on any atom is 0.0629 e. The van der Waals surface area contributed by atoms with Gasteiger partial charge in [0.15, 0.2) is 0 Å². The third-order valence-corrected chi connectivity index (χ3v) is 3.66. The zero-order valence-electron chi connectivity index (χ0n) is 12.7. The minimum atomic E-state index is 0.132. The molecule has 0 aliphatic carbocycles. The molecule has 0 atom stereocenters. The van der Waals surface area contributed by atoms with Crippen LogP contribution in [0.15, 0.2) is 59.7 Å². The van der Waals surface area contributed by atoms with Crippen LogP contribution in [0, 0.1) is 0 Å². The molecule has 2 aromatic carbocycles. The molecule has 0 radical (unpaired) electrons. The number of hydrogen-bond acceptors (Lipinski definition) is 1. The molecular weight excluding hydrogens is 256 g/mol. The van der Waals surface area contributed by atoms with Gasteiger partial charge in [-0.3, -0.25) is 4.99 Å². The summed E-state index contributed by atoms with van der Waals surface area (Å²) in [5, 5.41) is 1.28. The van der Waals surface area contributed by atoms with E-state index in [1.54, 1.807) is 0 Å². The molecule has 106 valence electrons. The van der Waals surface area contributed by atoms with Crippen molar-refractivity contribution in [3.63, 3.8) is 0 Å². The van der Waals surface area contributed by atoms with Gasteiger partial charge in [-0.2, -0.15) is 0 Å². The summed E-state index contributed by atoms with van der Waals surface area (Å²) in [5.74, 6) is 0. The second-order valence-corrected chi connectivity index (χ2v) is 6.32. The van der Waals surface area contributed by atoms with Crippen LogP contribution >= 0.6 is 0 Å². The maximum atomic E-state index is 4.55. The summed E-state index contributed by atoms with van der Waals surface area (Å²) >= 11 is 0. The summed E-state index contributed by atoms with van der Waals surface area (Å²) in [6.45, 7) is 6.71. The van der Waals surface area contributed by atoms with Gasteiger partial charge in [0.25, 0.3) is 0 Å². The monoisotopic (exact) mass is 276 g/mol. The van der Waals surface area contributed by atoms with Crippen molar-refractivity contribution in [1.82, 2.24) is 4.98 Å². The zero-order chi connectivity index (χ0) is 14.9. The number of nitrogens with one attached hydrogen (secondary N) is 1. The van der Waals surface area contributed by atoms with Crippen molar-refractivity contribution in [2.75, 3.05) is 0 Å². The van der Waals surface area contributed by atoms with Gasteiger partial charge >= 0.3 is 0 Å². The Hall–Kier alpha value is -2.35. The fraction of sp³-hybridized carbons (Fsp3) is 0.211. The van der Waals surface area contributed by atoms with E-state index < -0.39 is 0 Å². The lowest BCUT2D eigenvalue weighted by Gasteiger charge is -2.17. The molecule has 1 aromatic heterocycles. The van der Waals surface area contributed by atoms with E-state index in [2.05, 4.69) is 55.1 Å². The maximum absolute atomic E-state index is 4.55. The highest BCUT2D eigenvalue weighted by Gasteiger charge is 2.18. The summed E-state index contributed by atoms with van der Waals surface area (Å²) in [6.07, 6.45) is 4.05. The number of H-pyrrole nitrogens is 1. The van der Waals surface area contributed by atoms with Gasteiger partial charge in [-0.1, -0.05) is 57.2 Å². The first kappa shape index (κ1) is 13.6. The minimum absolute atomic E-state index is 0.132. The molecule has 0 aliphatic rings. The van der Waals surface area contributed by atoms with Crippen LogP contribution in [0.4, 0.5) is 5.69 Å². The fourth-order valence-corrected chi connectivity index (χ4v) is 2.56. The van der Waals surface area contributed by atoms with E-state index >= 15 is 0 Å². The van der Waals surface area contributed by atoms with Crippen LogP contribution in [0.5, 0.6) is 0 Å². The van der Waals surface area contributed by atoms with Crippen LogP contribution in [-0.4, -0.2) is 11.2 Å². The highest BCUT2D eigenvalue weighted by molar-refractivity contribution is 6.00. The molecule has 3 rings (SSSR count). The van der Waals surface area contributed by atoms with E-state index in [1.165, 1.54) is 10.9 Å². The van der Waals surface area contributed by atoms with Gasteiger partial charge in [0, 0.05) is 23.4 Å². The van der Waals surface area contributed by atoms with Gasteiger partial charge in [0.05, 0.1) is 11.2 Å².